The molecule has 0 aliphatic heterocycles. The van der Waals surface area contributed by atoms with Gasteiger partial charge in [-0.2, -0.15) is 5.10 Å². The highest BCUT2D eigenvalue weighted by Crippen LogP contribution is 2.10. The maximum absolute atomic E-state index is 12.2. The molecule has 0 saturated heterocycles. The molecule has 106 valence electrons. The Labute approximate surface area is 119 Å². The van der Waals surface area contributed by atoms with Crippen molar-refractivity contribution in [3.8, 4) is 0 Å². The number of rotatable bonds is 5. The number of H-pyrrole nitrogens is 1. The van der Waals surface area contributed by atoms with Gasteiger partial charge >= 0.3 is 0 Å². The lowest BCUT2D eigenvalue weighted by Crippen LogP contribution is -2.33. The number of carbonyl (C=O) groups excluding carboxylic acids is 1. The average molecular weight is 271 g/mol. The fraction of sp³-hybridized carbons (Fsp3) is 0.375. The van der Waals surface area contributed by atoms with Gasteiger partial charge in [-0.15, -0.1) is 0 Å². The first-order valence-electron chi connectivity index (χ1n) is 6.94. The van der Waals surface area contributed by atoms with Crippen LogP contribution in [0.15, 0.2) is 30.3 Å². The Morgan fingerprint density at radius 2 is 2.00 bits per heavy atom. The Hall–Kier alpha value is -2.10. The molecule has 2 aromatic rings. The molecule has 0 aliphatic rings. The van der Waals surface area contributed by atoms with E-state index < -0.39 is 0 Å². The van der Waals surface area contributed by atoms with Gasteiger partial charge in [-0.3, -0.25) is 9.89 Å². The van der Waals surface area contributed by atoms with Crippen LogP contribution < -0.4 is 5.32 Å². The van der Waals surface area contributed by atoms with E-state index in [4.69, 9.17) is 0 Å². The van der Waals surface area contributed by atoms with Crippen LogP contribution >= 0.6 is 0 Å². The molecule has 4 heteroatoms. The molecular formula is C16H21N3O. The first kappa shape index (κ1) is 14.3. The minimum Gasteiger partial charge on any atom is -0.349 e. The maximum Gasteiger partial charge on any atom is 0.255 e. The molecule has 0 radical (unpaired) electrons. The second-order valence-corrected chi connectivity index (χ2v) is 5.21. The summed E-state index contributed by atoms with van der Waals surface area (Å²) in [5.74, 6) is -0.0469. The van der Waals surface area contributed by atoms with E-state index in [0.29, 0.717) is 5.56 Å². The van der Waals surface area contributed by atoms with Gasteiger partial charge < -0.3 is 5.32 Å². The molecule has 0 saturated carbocycles. The highest BCUT2D eigenvalue weighted by atomic mass is 16.1. The molecule has 1 atom stereocenters. The Kier molecular flexibility index (Phi) is 4.56. The molecule has 20 heavy (non-hydrogen) atoms. The molecule has 4 nitrogen and oxygen atoms in total. The molecule has 2 N–H and O–H groups in total. The van der Waals surface area contributed by atoms with Crippen LogP contribution in [-0.2, 0) is 6.42 Å². The fourth-order valence-corrected chi connectivity index (χ4v) is 2.28. The first-order chi connectivity index (χ1) is 9.58. The average Bonchev–Trinajstić information content (AvgIpc) is 2.77. The number of aromatic nitrogens is 2. The van der Waals surface area contributed by atoms with Crippen molar-refractivity contribution in [2.24, 2.45) is 0 Å². The number of carbonyl (C=O) groups is 1. The zero-order valence-corrected chi connectivity index (χ0v) is 12.2. The zero-order chi connectivity index (χ0) is 14.5. The highest BCUT2D eigenvalue weighted by molar-refractivity contribution is 5.96. The quantitative estimate of drug-likeness (QED) is 0.878. The molecule has 1 aromatic heterocycles. The second kappa shape index (κ2) is 6.37. The number of benzene rings is 1. The molecule has 0 spiro atoms. The summed E-state index contributed by atoms with van der Waals surface area (Å²) >= 11 is 0. The van der Waals surface area contributed by atoms with Gasteiger partial charge in [0.2, 0.25) is 0 Å². The number of nitrogens with one attached hydrogen (secondary N) is 2. The standard InChI is InChI=1S/C16H21N3O/c1-11(9-10-14-7-5-4-6-8-14)17-16(20)15-12(2)18-19-13(15)3/h4-8,11H,9-10H2,1-3H3,(H,17,20)(H,18,19). The summed E-state index contributed by atoms with van der Waals surface area (Å²) in [5, 5.41) is 9.93. The molecular weight excluding hydrogens is 250 g/mol. The number of amides is 1. The monoisotopic (exact) mass is 271 g/mol. The lowest BCUT2D eigenvalue weighted by molar-refractivity contribution is 0.0937. The van der Waals surface area contributed by atoms with E-state index in [0.717, 1.165) is 24.2 Å². The normalized spacial score (nSPS) is 12.2. The summed E-state index contributed by atoms with van der Waals surface area (Å²) in [7, 11) is 0. The molecule has 0 aliphatic carbocycles. The smallest absolute Gasteiger partial charge is 0.255 e. The van der Waals surface area contributed by atoms with Gasteiger partial charge in [0.1, 0.15) is 0 Å². The number of hydrogen-bond donors (Lipinski definition) is 2. The number of aromatic amines is 1. The third-order valence-corrected chi connectivity index (χ3v) is 3.44. The number of hydrogen-bond acceptors (Lipinski definition) is 2. The van der Waals surface area contributed by atoms with Crippen LogP contribution in [0.4, 0.5) is 0 Å². The van der Waals surface area contributed by atoms with E-state index in [1.54, 1.807) is 0 Å². The molecule has 0 bridgehead atoms. The SMILES string of the molecule is Cc1n[nH]c(C)c1C(=O)NC(C)CCc1ccccc1. The van der Waals surface area contributed by atoms with Crippen LogP contribution in [-0.4, -0.2) is 22.1 Å². The Balaban J connectivity index is 1.89. The van der Waals surface area contributed by atoms with Crippen molar-refractivity contribution < 1.29 is 4.79 Å². The third kappa shape index (κ3) is 3.47. The summed E-state index contributed by atoms with van der Waals surface area (Å²) in [6.45, 7) is 5.74. The van der Waals surface area contributed by atoms with E-state index in [1.165, 1.54) is 5.56 Å². The van der Waals surface area contributed by atoms with E-state index >= 15 is 0 Å². The molecule has 1 amide bonds. The number of aryl methyl sites for hydroxylation is 3. The Morgan fingerprint density at radius 3 is 2.60 bits per heavy atom. The first-order valence-corrected chi connectivity index (χ1v) is 6.94. The Bertz CT molecular complexity index is 555. The van der Waals surface area contributed by atoms with Crippen molar-refractivity contribution in [1.29, 1.82) is 0 Å². The molecule has 1 unspecified atom stereocenters. The lowest BCUT2D eigenvalue weighted by Gasteiger charge is -2.14. The fourth-order valence-electron chi connectivity index (χ4n) is 2.28. The van der Waals surface area contributed by atoms with Gasteiger partial charge in [0.05, 0.1) is 11.3 Å². The van der Waals surface area contributed by atoms with Crippen molar-refractivity contribution in [3.63, 3.8) is 0 Å². The molecule has 1 heterocycles. The van der Waals surface area contributed by atoms with Gasteiger partial charge in [-0.25, -0.2) is 0 Å². The predicted molar refractivity (Wildman–Crippen MR) is 79.8 cm³/mol. The van der Waals surface area contributed by atoms with Crippen LogP contribution in [0.25, 0.3) is 0 Å². The van der Waals surface area contributed by atoms with Crippen molar-refractivity contribution in [2.45, 2.75) is 39.7 Å². The van der Waals surface area contributed by atoms with Crippen molar-refractivity contribution in [3.05, 3.63) is 52.8 Å². The van der Waals surface area contributed by atoms with Crippen molar-refractivity contribution in [1.82, 2.24) is 15.5 Å². The third-order valence-electron chi connectivity index (χ3n) is 3.44. The van der Waals surface area contributed by atoms with E-state index in [2.05, 4.69) is 27.6 Å². The van der Waals surface area contributed by atoms with Crippen molar-refractivity contribution >= 4 is 5.91 Å². The second-order valence-electron chi connectivity index (χ2n) is 5.21. The van der Waals surface area contributed by atoms with Crippen LogP contribution in [0.2, 0.25) is 0 Å². The van der Waals surface area contributed by atoms with Crippen LogP contribution in [0.3, 0.4) is 0 Å². The van der Waals surface area contributed by atoms with Gasteiger partial charge in [-0.05, 0) is 39.2 Å². The van der Waals surface area contributed by atoms with E-state index in [1.807, 2.05) is 39.0 Å². The van der Waals surface area contributed by atoms with Gasteiger partial charge in [0.25, 0.3) is 5.91 Å². The summed E-state index contributed by atoms with van der Waals surface area (Å²) in [5.41, 5.74) is 3.52. The summed E-state index contributed by atoms with van der Waals surface area (Å²) < 4.78 is 0. The number of nitrogens with zero attached hydrogens (tertiary/aromatic N) is 1. The maximum atomic E-state index is 12.2. The summed E-state index contributed by atoms with van der Waals surface area (Å²) in [4.78, 5) is 12.2. The van der Waals surface area contributed by atoms with E-state index in [-0.39, 0.29) is 11.9 Å². The summed E-state index contributed by atoms with van der Waals surface area (Å²) in [6.07, 6.45) is 1.89. The lowest BCUT2D eigenvalue weighted by atomic mass is 10.1. The largest absolute Gasteiger partial charge is 0.349 e. The minimum absolute atomic E-state index is 0.0469. The Morgan fingerprint density at radius 1 is 1.30 bits per heavy atom. The van der Waals surface area contributed by atoms with Crippen LogP contribution in [0.5, 0.6) is 0 Å². The van der Waals surface area contributed by atoms with Crippen LogP contribution in [0.1, 0.15) is 40.7 Å². The van der Waals surface area contributed by atoms with Crippen LogP contribution in [0, 0.1) is 13.8 Å². The highest BCUT2D eigenvalue weighted by Gasteiger charge is 2.16. The van der Waals surface area contributed by atoms with Gasteiger partial charge in [-0.1, -0.05) is 30.3 Å². The van der Waals surface area contributed by atoms with Crippen molar-refractivity contribution in [2.75, 3.05) is 0 Å². The summed E-state index contributed by atoms with van der Waals surface area (Å²) in [6, 6.07) is 10.4. The predicted octanol–water partition coefficient (Wildman–Crippen LogP) is 2.78. The molecule has 2 rings (SSSR count). The van der Waals surface area contributed by atoms with E-state index in [9.17, 15) is 4.79 Å². The van der Waals surface area contributed by atoms with Gasteiger partial charge in [0, 0.05) is 11.7 Å². The molecule has 1 aromatic carbocycles. The topological polar surface area (TPSA) is 57.8 Å². The van der Waals surface area contributed by atoms with Gasteiger partial charge in [0.15, 0.2) is 0 Å². The molecule has 0 fully saturated rings. The minimum atomic E-state index is -0.0469. The zero-order valence-electron chi connectivity index (χ0n) is 12.2.